The molecule has 2 N–H and O–H groups in total. The van der Waals surface area contributed by atoms with Gasteiger partial charge in [-0.05, 0) is 6.42 Å². The Bertz CT molecular complexity index is 229. The number of halogens is 1. The van der Waals surface area contributed by atoms with Crippen LogP contribution >= 0.6 is 11.6 Å². The Morgan fingerprint density at radius 2 is 1.26 bits per heavy atom. The summed E-state index contributed by atoms with van der Waals surface area (Å²) in [5.74, 6) is -1.35. The number of hydrogen-bond donors (Lipinski definition) is 2. The van der Waals surface area contributed by atoms with E-state index in [1.54, 1.807) is 0 Å². The zero-order chi connectivity index (χ0) is 14.6. The van der Waals surface area contributed by atoms with E-state index in [9.17, 15) is 9.90 Å². The molecule has 3 nitrogen and oxygen atoms in total. The Kier molecular flexibility index (Phi) is 11.4. The van der Waals surface area contributed by atoms with Gasteiger partial charge in [-0.25, -0.2) is 4.79 Å². The highest BCUT2D eigenvalue weighted by Gasteiger charge is 2.31. The molecule has 0 saturated carbocycles. The van der Waals surface area contributed by atoms with E-state index >= 15 is 0 Å². The Hall–Kier alpha value is -0.280. The first-order chi connectivity index (χ1) is 9.00. The van der Waals surface area contributed by atoms with Crippen molar-refractivity contribution in [1.82, 2.24) is 0 Å². The van der Waals surface area contributed by atoms with Crippen molar-refractivity contribution >= 4 is 17.6 Å². The molecule has 19 heavy (non-hydrogen) atoms. The first-order valence-corrected chi connectivity index (χ1v) is 8.03. The van der Waals surface area contributed by atoms with Crippen LogP contribution in [-0.2, 0) is 4.79 Å². The van der Waals surface area contributed by atoms with Gasteiger partial charge in [-0.1, -0.05) is 82.7 Å². The van der Waals surface area contributed by atoms with Crippen molar-refractivity contribution in [2.75, 3.05) is 0 Å². The van der Waals surface area contributed by atoms with Crippen molar-refractivity contribution in [3.05, 3.63) is 0 Å². The highest BCUT2D eigenvalue weighted by Crippen LogP contribution is 2.20. The lowest BCUT2D eigenvalue weighted by Crippen LogP contribution is -2.31. The number of carboxylic acids is 1. The topological polar surface area (TPSA) is 57.5 Å². The highest BCUT2D eigenvalue weighted by atomic mass is 35.5. The molecule has 1 atom stereocenters. The maximum Gasteiger partial charge on any atom is 0.351 e. The second-order valence-electron chi connectivity index (χ2n) is 5.35. The fourth-order valence-corrected chi connectivity index (χ4v) is 2.26. The number of aliphatic carboxylic acids is 1. The molecule has 114 valence electrons. The molecule has 0 aromatic carbocycles. The minimum Gasteiger partial charge on any atom is -0.478 e. The largest absolute Gasteiger partial charge is 0.478 e. The quantitative estimate of drug-likeness (QED) is 0.382. The third kappa shape index (κ3) is 11.3. The smallest absolute Gasteiger partial charge is 0.351 e. The van der Waals surface area contributed by atoms with E-state index in [0.29, 0.717) is 6.42 Å². The highest BCUT2D eigenvalue weighted by molar-refractivity contribution is 6.32. The molecular weight excluding hydrogens is 264 g/mol. The molecule has 0 heterocycles. The molecular formula is C15H29ClO3. The van der Waals surface area contributed by atoms with Gasteiger partial charge in [-0.3, -0.25) is 0 Å². The molecule has 0 aromatic rings. The van der Waals surface area contributed by atoms with Gasteiger partial charge in [0.2, 0.25) is 5.06 Å². The molecule has 0 rings (SSSR count). The van der Waals surface area contributed by atoms with Crippen molar-refractivity contribution in [2.24, 2.45) is 0 Å². The summed E-state index contributed by atoms with van der Waals surface area (Å²) in [5, 5.41) is 15.9. The van der Waals surface area contributed by atoms with Gasteiger partial charge in [0.1, 0.15) is 0 Å². The van der Waals surface area contributed by atoms with E-state index in [1.165, 1.54) is 51.4 Å². The van der Waals surface area contributed by atoms with Gasteiger partial charge >= 0.3 is 5.97 Å². The number of unbranched alkanes of at least 4 members (excludes halogenated alkanes) is 10. The summed E-state index contributed by atoms with van der Waals surface area (Å²) in [6.07, 6.45) is 13.3. The molecule has 0 radical (unpaired) electrons. The third-order valence-corrected chi connectivity index (χ3v) is 3.79. The molecule has 0 aliphatic carbocycles. The Morgan fingerprint density at radius 1 is 0.895 bits per heavy atom. The summed E-state index contributed by atoms with van der Waals surface area (Å²) in [6, 6.07) is 0. The summed E-state index contributed by atoms with van der Waals surface area (Å²) in [7, 11) is 0. The summed E-state index contributed by atoms with van der Waals surface area (Å²) in [4.78, 5) is 10.6. The molecule has 4 heteroatoms. The number of alkyl halides is 1. The van der Waals surface area contributed by atoms with Crippen molar-refractivity contribution in [3.63, 3.8) is 0 Å². The predicted molar refractivity (Wildman–Crippen MR) is 79.5 cm³/mol. The van der Waals surface area contributed by atoms with Gasteiger partial charge < -0.3 is 10.2 Å². The van der Waals surface area contributed by atoms with E-state index in [-0.39, 0.29) is 6.42 Å². The monoisotopic (exact) mass is 292 g/mol. The SMILES string of the molecule is CCCCCCCCCCCCCC(O)(Cl)C(=O)O. The standard InChI is InChI=1S/C15H29ClO3/c1-2-3-4-5-6-7-8-9-10-11-12-13-15(16,19)14(17)18/h19H,2-13H2,1H3,(H,17,18). The third-order valence-electron chi connectivity index (χ3n) is 3.44. The molecule has 0 bridgehead atoms. The number of hydrogen-bond acceptors (Lipinski definition) is 2. The van der Waals surface area contributed by atoms with Crippen LogP contribution in [0.3, 0.4) is 0 Å². The maximum absolute atomic E-state index is 10.6. The van der Waals surface area contributed by atoms with Crippen LogP contribution in [0.1, 0.15) is 84.0 Å². The lowest BCUT2D eigenvalue weighted by molar-refractivity contribution is -0.150. The second kappa shape index (κ2) is 11.5. The van der Waals surface area contributed by atoms with Crippen LogP contribution < -0.4 is 0 Å². The van der Waals surface area contributed by atoms with Crippen molar-refractivity contribution < 1.29 is 15.0 Å². The predicted octanol–water partition coefficient (Wildman–Crippen LogP) is 4.70. The van der Waals surface area contributed by atoms with Gasteiger partial charge in [0.15, 0.2) is 0 Å². The molecule has 0 spiro atoms. The van der Waals surface area contributed by atoms with Gasteiger partial charge in [0.25, 0.3) is 0 Å². The Balaban J connectivity index is 3.21. The second-order valence-corrected chi connectivity index (χ2v) is 5.98. The van der Waals surface area contributed by atoms with Crippen LogP contribution in [0.25, 0.3) is 0 Å². The molecule has 0 saturated heterocycles. The van der Waals surface area contributed by atoms with Crippen LogP contribution in [-0.4, -0.2) is 21.2 Å². The first kappa shape index (κ1) is 18.7. The van der Waals surface area contributed by atoms with Gasteiger partial charge in [-0.2, -0.15) is 0 Å². The zero-order valence-electron chi connectivity index (χ0n) is 12.2. The van der Waals surface area contributed by atoms with E-state index in [4.69, 9.17) is 16.7 Å². The van der Waals surface area contributed by atoms with Crippen LogP contribution in [0, 0.1) is 0 Å². The fraction of sp³-hybridized carbons (Fsp3) is 0.933. The van der Waals surface area contributed by atoms with Gasteiger partial charge in [0.05, 0.1) is 0 Å². The number of carbonyl (C=O) groups is 1. The minimum absolute atomic E-state index is 0.126. The molecule has 0 aromatic heterocycles. The lowest BCUT2D eigenvalue weighted by Gasteiger charge is -2.14. The minimum atomic E-state index is -2.07. The summed E-state index contributed by atoms with van der Waals surface area (Å²) < 4.78 is 0. The zero-order valence-corrected chi connectivity index (χ0v) is 12.9. The van der Waals surface area contributed by atoms with Crippen LogP contribution in [0.4, 0.5) is 0 Å². The molecule has 0 aliphatic heterocycles. The van der Waals surface area contributed by atoms with E-state index in [0.717, 1.165) is 12.8 Å². The van der Waals surface area contributed by atoms with Gasteiger partial charge in [-0.15, -0.1) is 0 Å². The molecule has 1 unspecified atom stereocenters. The summed E-state index contributed by atoms with van der Waals surface area (Å²) >= 11 is 5.45. The Morgan fingerprint density at radius 3 is 1.63 bits per heavy atom. The van der Waals surface area contributed by atoms with Crippen LogP contribution in [0.2, 0.25) is 0 Å². The summed E-state index contributed by atoms with van der Waals surface area (Å²) in [5.41, 5.74) is 0. The lowest BCUT2D eigenvalue weighted by atomic mass is 10.0. The normalized spacial score (nSPS) is 14.3. The average molecular weight is 293 g/mol. The molecule has 0 aliphatic rings. The molecule has 0 amide bonds. The van der Waals surface area contributed by atoms with E-state index in [1.807, 2.05) is 0 Å². The maximum atomic E-state index is 10.6. The van der Waals surface area contributed by atoms with Gasteiger partial charge in [0, 0.05) is 6.42 Å². The van der Waals surface area contributed by atoms with Crippen molar-refractivity contribution in [1.29, 1.82) is 0 Å². The first-order valence-electron chi connectivity index (χ1n) is 7.65. The summed E-state index contributed by atoms with van der Waals surface area (Å²) in [6.45, 7) is 2.23. The average Bonchev–Trinajstić information content (AvgIpc) is 2.35. The molecule has 0 fully saturated rings. The van der Waals surface area contributed by atoms with Crippen molar-refractivity contribution in [3.8, 4) is 0 Å². The number of aliphatic hydroxyl groups is 1. The van der Waals surface area contributed by atoms with Crippen molar-refractivity contribution in [2.45, 2.75) is 89.0 Å². The number of rotatable bonds is 13. The fourth-order valence-electron chi connectivity index (χ4n) is 2.13. The van der Waals surface area contributed by atoms with Crippen LogP contribution in [0.15, 0.2) is 0 Å². The number of carboxylic acid groups (broad SMARTS) is 1. The Labute approximate surface area is 122 Å². The van der Waals surface area contributed by atoms with E-state index < -0.39 is 11.0 Å². The van der Waals surface area contributed by atoms with Crippen LogP contribution in [0.5, 0.6) is 0 Å². The van der Waals surface area contributed by atoms with E-state index in [2.05, 4.69) is 6.92 Å².